The van der Waals surface area contributed by atoms with Crippen molar-refractivity contribution < 1.29 is 35.9 Å². The number of hydrogen-bond acceptors (Lipinski definition) is 5. The van der Waals surface area contributed by atoms with Crippen LogP contribution < -0.4 is 4.74 Å². The van der Waals surface area contributed by atoms with Crippen molar-refractivity contribution in [1.82, 2.24) is 4.90 Å². The molecule has 1 fully saturated rings. The number of carbonyl (C=O) groups is 1. The third-order valence-corrected chi connectivity index (χ3v) is 5.27. The standard InChI is InChI=1S/C19H26F3NO5S/c1-18(2,3)28-17(24)23-10-9-13(11-23)16(12-29(4,25)26)27-15-7-5-14(6-8-15)19(20,21)22/h5-8,13,16H,9-12H2,1-4H3/t13-,16+/m0/s1. The van der Waals surface area contributed by atoms with Gasteiger partial charge in [-0.15, -0.1) is 0 Å². The lowest BCUT2D eigenvalue weighted by atomic mass is 10.0. The summed E-state index contributed by atoms with van der Waals surface area (Å²) >= 11 is 0. The Morgan fingerprint density at radius 2 is 1.79 bits per heavy atom. The summed E-state index contributed by atoms with van der Waals surface area (Å²) in [5.74, 6) is -0.456. The van der Waals surface area contributed by atoms with Crippen LogP contribution in [0.5, 0.6) is 5.75 Å². The first-order chi connectivity index (χ1) is 13.1. The quantitative estimate of drug-likeness (QED) is 0.702. The number of carbonyl (C=O) groups excluding carboxylic acids is 1. The highest BCUT2D eigenvalue weighted by Gasteiger charge is 2.37. The average Bonchev–Trinajstić information content (AvgIpc) is 3.01. The summed E-state index contributed by atoms with van der Waals surface area (Å²) in [4.78, 5) is 13.7. The van der Waals surface area contributed by atoms with E-state index in [0.29, 0.717) is 13.0 Å². The minimum Gasteiger partial charge on any atom is -0.489 e. The summed E-state index contributed by atoms with van der Waals surface area (Å²) in [6.45, 7) is 5.88. The number of nitrogens with zero attached hydrogens (tertiary/aromatic N) is 1. The van der Waals surface area contributed by atoms with E-state index in [4.69, 9.17) is 9.47 Å². The molecule has 1 aliphatic rings. The third-order valence-electron chi connectivity index (χ3n) is 4.34. The molecule has 1 amide bonds. The van der Waals surface area contributed by atoms with Crippen molar-refractivity contribution >= 4 is 15.9 Å². The van der Waals surface area contributed by atoms with E-state index in [1.165, 1.54) is 17.0 Å². The molecule has 1 aliphatic heterocycles. The van der Waals surface area contributed by atoms with Crippen LogP contribution in [0.3, 0.4) is 0 Å². The predicted octanol–water partition coefficient (Wildman–Crippen LogP) is 3.75. The van der Waals surface area contributed by atoms with Crippen molar-refractivity contribution in [3.05, 3.63) is 29.8 Å². The molecule has 10 heteroatoms. The molecule has 0 N–H and O–H groups in total. The Hall–Kier alpha value is -1.97. The molecular weight excluding hydrogens is 411 g/mol. The van der Waals surface area contributed by atoms with Crippen LogP contribution in [0.4, 0.5) is 18.0 Å². The van der Waals surface area contributed by atoms with E-state index in [1.54, 1.807) is 20.8 Å². The van der Waals surface area contributed by atoms with Gasteiger partial charge in [0.25, 0.3) is 0 Å². The summed E-state index contributed by atoms with van der Waals surface area (Å²) in [5.41, 5.74) is -1.47. The summed E-state index contributed by atoms with van der Waals surface area (Å²) in [7, 11) is -3.42. The largest absolute Gasteiger partial charge is 0.489 e. The zero-order valence-electron chi connectivity index (χ0n) is 16.8. The van der Waals surface area contributed by atoms with Crippen LogP contribution in [0.1, 0.15) is 32.8 Å². The van der Waals surface area contributed by atoms with Gasteiger partial charge in [0.15, 0.2) is 9.84 Å². The molecule has 1 aromatic rings. The maximum Gasteiger partial charge on any atom is 0.416 e. The molecule has 0 aromatic heterocycles. The third kappa shape index (κ3) is 7.41. The maximum atomic E-state index is 12.7. The van der Waals surface area contributed by atoms with E-state index in [-0.39, 0.29) is 24.0 Å². The van der Waals surface area contributed by atoms with Gasteiger partial charge in [0, 0.05) is 25.3 Å². The van der Waals surface area contributed by atoms with Crippen molar-refractivity contribution in [2.75, 3.05) is 25.1 Å². The summed E-state index contributed by atoms with van der Waals surface area (Å²) < 4.78 is 72.9. The molecule has 6 nitrogen and oxygen atoms in total. The molecule has 2 rings (SSSR count). The number of benzene rings is 1. The lowest BCUT2D eigenvalue weighted by molar-refractivity contribution is -0.137. The first-order valence-electron chi connectivity index (χ1n) is 9.13. The van der Waals surface area contributed by atoms with Gasteiger partial charge >= 0.3 is 12.3 Å². The van der Waals surface area contributed by atoms with E-state index in [2.05, 4.69) is 0 Å². The topological polar surface area (TPSA) is 72.9 Å². The smallest absolute Gasteiger partial charge is 0.416 e. The lowest BCUT2D eigenvalue weighted by Gasteiger charge is -2.26. The fourth-order valence-electron chi connectivity index (χ4n) is 3.05. The Bertz CT molecular complexity index is 816. The van der Waals surface area contributed by atoms with Gasteiger partial charge in [-0.25, -0.2) is 13.2 Å². The van der Waals surface area contributed by atoms with Gasteiger partial charge in [-0.3, -0.25) is 0 Å². The van der Waals surface area contributed by atoms with Gasteiger partial charge in [0.1, 0.15) is 17.5 Å². The number of likely N-dealkylation sites (tertiary alicyclic amines) is 1. The minimum absolute atomic E-state index is 0.141. The van der Waals surface area contributed by atoms with Gasteiger partial charge in [-0.2, -0.15) is 13.2 Å². The second-order valence-electron chi connectivity index (χ2n) is 8.25. The molecule has 1 saturated heterocycles. The van der Waals surface area contributed by atoms with E-state index >= 15 is 0 Å². The molecular formula is C19H26F3NO5S. The van der Waals surface area contributed by atoms with E-state index in [9.17, 15) is 26.4 Å². The van der Waals surface area contributed by atoms with Crippen molar-refractivity contribution in [1.29, 1.82) is 0 Å². The number of amides is 1. The van der Waals surface area contributed by atoms with Crippen molar-refractivity contribution in [3.8, 4) is 5.75 Å². The Morgan fingerprint density at radius 3 is 2.28 bits per heavy atom. The number of alkyl halides is 3. The fourth-order valence-corrected chi connectivity index (χ4v) is 3.98. The molecule has 0 unspecified atom stereocenters. The highest BCUT2D eigenvalue weighted by molar-refractivity contribution is 7.90. The SMILES string of the molecule is CC(C)(C)OC(=O)N1CC[C@H]([C@@H](CS(C)(=O)=O)Oc2ccc(C(F)(F)F)cc2)C1. The first-order valence-corrected chi connectivity index (χ1v) is 11.2. The average molecular weight is 437 g/mol. The van der Waals surface area contributed by atoms with Crippen LogP contribution in [0.25, 0.3) is 0 Å². The molecule has 0 radical (unpaired) electrons. The molecule has 29 heavy (non-hydrogen) atoms. The number of hydrogen-bond donors (Lipinski definition) is 0. The molecule has 0 aliphatic carbocycles. The predicted molar refractivity (Wildman–Crippen MR) is 101 cm³/mol. The zero-order valence-corrected chi connectivity index (χ0v) is 17.6. The highest BCUT2D eigenvalue weighted by atomic mass is 32.2. The van der Waals surface area contributed by atoms with Gasteiger partial charge < -0.3 is 14.4 Å². The molecule has 164 valence electrons. The maximum absolute atomic E-state index is 12.7. The minimum atomic E-state index is -4.47. The van der Waals surface area contributed by atoms with Crippen LogP contribution in [0, 0.1) is 5.92 Å². The highest BCUT2D eigenvalue weighted by Crippen LogP contribution is 2.31. The monoisotopic (exact) mass is 437 g/mol. The summed E-state index contributed by atoms with van der Waals surface area (Å²) in [6.07, 6.45) is -4.19. The molecule has 0 bridgehead atoms. The van der Waals surface area contributed by atoms with Crippen LogP contribution in [0.2, 0.25) is 0 Å². The number of sulfone groups is 1. The zero-order chi connectivity index (χ0) is 22.0. The molecule has 1 aromatic carbocycles. The summed E-state index contributed by atoms with van der Waals surface area (Å²) in [6, 6.07) is 4.10. The van der Waals surface area contributed by atoms with Crippen LogP contribution in [-0.4, -0.2) is 56.2 Å². The summed E-state index contributed by atoms with van der Waals surface area (Å²) in [5, 5.41) is 0. The Labute approximate surface area is 168 Å². The van der Waals surface area contributed by atoms with E-state index < -0.39 is 39.4 Å². The Morgan fingerprint density at radius 1 is 1.21 bits per heavy atom. The fraction of sp³-hybridized carbons (Fsp3) is 0.632. The van der Waals surface area contributed by atoms with Crippen LogP contribution in [0.15, 0.2) is 24.3 Å². The number of ether oxygens (including phenoxy) is 2. The molecule has 0 saturated carbocycles. The molecule has 2 atom stereocenters. The van der Waals surface area contributed by atoms with Gasteiger partial charge in [0.2, 0.25) is 0 Å². The normalized spacial score (nSPS) is 19.1. The molecule has 1 heterocycles. The van der Waals surface area contributed by atoms with Crippen LogP contribution >= 0.6 is 0 Å². The van der Waals surface area contributed by atoms with Gasteiger partial charge in [-0.1, -0.05) is 0 Å². The lowest BCUT2D eigenvalue weighted by Crippen LogP contribution is -2.39. The van der Waals surface area contributed by atoms with Crippen molar-refractivity contribution in [2.24, 2.45) is 5.92 Å². The van der Waals surface area contributed by atoms with E-state index in [0.717, 1.165) is 18.4 Å². The Kier molecular flexibility index (Phi) is 6.76. The van der Waals surface area contributed by atoms with Crippen molar-refractivity contribution in [2.45, 2.75) is 45.1 Å². The second kappa shape index (κ2) is 8.41. The number of rotatable bonds is 5. The second-order valence-corrected chi connectivity index (χ2v) is 10.4. The Balaban J connectivity index is 2.12. The molecule has 0 spiro atoms. The van der Waals surface area contributed by atoms with Gasteiger partial charge in [-0.05, 0) is 51.5 Å². The van der Waals surface area contributed by atoms with Crippen molar-refractivity contribution in [3.63, 3.8) is 0 Å². The van der Waals surface area contributed by atoms with E-state index in [1.807, 2.05) is 0 Å². The number of halogens is 3. The first kappa shape index (κ1) is 23.3. The van der Waals surface area contributed by atoms with Crippen LogP contribution in [-0.2, 0) is 20.8 Å². The van der Waals surface area contributed by atoms with Gasteiger partial charge in [0.05, 0.1) is 11.3 Å².